The number of fused-ring (bicyclic) bond motifs is 1. The van der Waals surface area contributed by atoms with Crippen LogP contribution in [0.2, 0.25) is 0 Å². The molecule has 0 bridgehead atoms. The van der Waals surface area contributed by atoms with Crippen LogP contribution in [0.5, 0.6) is 0 Å². The molecule has 0 radical (unpaired) electrons. The Kier molecular flexibility index (Phi) is 1.59. The van der Waals surface area contributed by atoms with Gasteiger partial charge in [-0.15, -0.1) is 0 Å². The van der Waals surface area contributed by atoms with E-state index >= 15 is 0 Å². The van der Waals surface area contributed by atoms with Gasteiger partial charge in [0.25, 0.3) is 0 Å². The number of carbonyl (C=O) groups is 1. The van der Waals surface area contributed by atoms with Crippen LogP contribution in [0.1, 0.15) is 34.7 Å². The second kappa shape index (κ2) is 2.82. The first-order chi connectivity index (χ1) is 7.25. The highest BCUT2D eigenvalue weighted by Crippen LogP contribution is 2.40. The van der Waals surface area contributed by atoms with E-state index in [4.69, 9.17) is 5.11 Å². The lowest BCUT2D eigenvalue weighted by Crippen LogP contribution is -2.02. The zero-order chi connectivity index (χ0) is 10.4. The van der Waals surface area contributed by atoms with Gasteiger partial charge in [0.15, 0.2) is 5.65 Å². The van der Waals surface area contributed by atoms with Crippen molar-refractivity contribution in [2.75, 3.05) is 0 Å². The van der Waals surface area contributed by atoms with Crippen molar-refractivity contribution >= 4 is 11.6 Å². The summed E-state index contributed by atoms with van der Waals surface area (Å²) >= 11 is 0. The van der Waals surface area contributed by atoms with Crippen molar-refractivity contribution in [2.45, 2.75) is 18.8 Å². The molecule has 1 aliphatic rings. The minimum absolute atomic E-state index is 0.296. The van der Waals surface area contributed by atoms with Crippen molar-refractivity contribution in [1.29, 1.82) is 0 Å². The number of aromatic nitrogens is 2. The summed E-state index contributed by atoms with van der Waals surface area (Å²) in [5.41, 5.74) is 1.93. The third-order valence-corrected chi connectivity index (χ3v) is 2.79. The van der Waals surface area contributed by atoms with Crippen LogP contribution in [0.3, 0.4) is 0 Å². The molecule has 1 saturated carbocycles. The Bertz CT molecular complexity index is 541. The van der Waals surface area contributed by atoms with Crippen LogP contribution in [0.25, 0.3) is 5.65 Å². The number of rotatable bonds is 2. The molecule has 0 atom stereocenters. The predicted molar refractivity (Wildman–Crippen MR) is 54.1 cm³/mol. The summed E-state index contributed by atoms with van der Waals surface area (Å²) in [6.45, 7) is 0. The molecule has 0 unspecified atom stereocenters. The molecule has 2 aromatic heterocycles. The van der Waals surface area contributed by atoms with Gasteiger partial charge in [0, 0.05) is 18.6 Å². The molecule has 0 aliphatic heterocycles. The van der Waals surface area contributed by atoms with Crippen LogP contribution in [-0.4, -0.2) is 20.5 Å². The predicted octanol–water partition coefficient (Wildman–Crippen LogP) is 1.91. The standard InChI is InChI=1S/C11H10N2O2/c14-11(15)9-5-8(7-1-2-7)6-13-4-3-12-10(9)13/h3-7H,1-2H2,(H,14,15). The Labute approximate surface area is 86.2 Å². The van der Waals surface area contributed by atoms with E-state index in [1.165, 1.54) is 12.8 Å². The fourth-order valence-electron chi connectivity index (χ4n) is 1.85. The van der Waals surface area contributed by atoms with E-state index in [1.807, 2.05) is 6.20 Å². The van der Waals surface area contributed by atoms with Gasteiger partial charge in [-0.1, -0.05) is 0 Å². The monoisotopic (exact) mass is 202 g/mol. The van der Waals surface area contributed by atoms with Gasteiger partial charge in [-0.3, -0.25) is 0 Å². The lowest BCUT2D eigenvalue weighted by atomic mass is 10.1. The highest BCUT2D eigenvalue weighted by Gasteiger charge is 2.25. The average Bonchev–Trinajstić information content (AvgIpc) is 2.95. The van der Waals surface area contributed by atoms with Crippen LogP contribution in [-0.2, 0) is 0 Å². The zero-order valence-corrected chi connectivity index (χ0v) is 8.05. The molecule has 0 spiro atoms. The first-order valence-electron chi connectivity index (χ1n) is 4.95. The van der Waals surface area contributed by atoms with Gasteiger partial charge in [-0.05, 0) is 30.4 Å². The number of nitrogens with zero attached hydrogens (tertiary/aromatic N) is 2. The molecule has 2 aromatic rings. The number of pyridine rings is 1. The summed E-state index contributed by atoms with van der Waals surface area (Å²) in [6, 6.07) is 1.75. The molecular weight excluding hydrogens is 192 g/mol. The van der Waals surface area contributed by atoms with E-state index in [9.17, 15) is 4.79 Å². The summed E-state index contributed by atoms with van der Waals surface area (Å²) in [4.78, 5) is 15.1. The molecule has 2 heterocycles. The smallest absolute Gasteiger partial charge is 0.339 e. The molecule has 1 N–H and O–H groups in total. The number of carboxylic acids is 1. The van der Waals surface area contributed by atoms with Gasteiger partial charge < -0.3 is 9.51 Å². The van der Waals surface area contributed by atoms with Crippen LogP contribution in [0, 0.1) is 0 Å². The van der Waals surface area contributed by atoms with Gasteiger partial charge in [-0.2, -0.15) is 0 Å². The lowest BCUT2D eigenvalue weighted by Gasteiger charge is -2.03. The van der Waals surface area contributed by atoms with E-state index in [2.05, 4.69) is 4.98 Å². The average molecular weight is 202 g/mol. The van der Waals surface area contributed by atoms with E-state index < -0.39 is 5.97 Å². The highest BCUT2D eigenvalue weighted by atomic mass is 16.4. The van der Waals surface area contributed by atoms with Crippen molar-refractivity contribution in [1.82, 2.24) is 9.38 Å². The number of hydrogen-bond acceptors (Lipinski definition) is 2. The normalized spacial score (nSPS) is 15.7. The van der Waals surface area contributed by atoms with Gasteiger partial charge in [0.1, 0.15) is 5.56 Å². The van der Waals surface area contributed by atoms with Crippen molar-refractivity contribution in [3.63, 3.8) is 0 Å². The summed E-state index contributed by atoms with van der Waals surface area (Å²) in [5.74, 6) is -0.358. The largest absolute Gasteiger partial charge is 0.478 e. The third-order valence-electron chi connectivity index (χ3n) is 2.79. The second-order valence-electron chi connectivity index (χ2n) is 3.92. The summed E-state index contributed by atoms with van der Waals surface area (Å²) in [7, 11) is 0. The van der Waals surface area contributed by atoms with Gasteiger partial charge in [0.2, 0.25) is 0 Å². The van der Waals surface area contributed by atoms with Crippen molar-refractivity contribution in [3.05, 3.63) is 35.8 Å². The van der Waals surface area contributed by atoms with Crippen molar-refractivity contribution in [2.24, 2.45) is 0 Å². The number of carboxylic acid groups (broad SMARTS) is 1. The van der Waals surface area contributed by atoms with Gasteiger partial charge >= 0.3 is 5.97 Å². The first kappa shape index (κ1) is 8.47. The lowest BCUT2D eigenvalue weighted by molar-refractivity contribution is 0.0698. The van der Waals surface area contributed by atoms with E-state index in [-0.39, 0.29) is 0 Å². The molecule has 0 aromatic carbocycles. The highest BCUT2D eigenvalue weighted by molar-refractivity contribution is 5.94. The number of aromatic carboxylic acids is 1. The molecule has 4 heteroatoms. The van der Waals surface area contributed by atoms with Crippen LogP contribution < -0.4 is 0 Å². The van der Waals surface area contributed by atoms with E-state index in [1.54, 1.807) is 22.9 Å². The minimum atomic E-state index is -0.909. The molecular formula is C11H10N2O2. The molecule has 76 valence electrons. The molecule has 1 aliphatic carbocycles. The fourth-order valence-corrected chi connectivity index (χ4v) is 1.85. The maximum absolute atomic E-state index is 11.1. The Balaban J connectivity index is 2.28. The molecule has 15 heavy (non-hydrogen) atoms. The van der Waals surface area contributed by atoms with Crippen LogP contribution in [0.15, 0.2) is 24.7 Å². The van der Waals surface area contributed by atoms with Crippen molar-refractivity contribution < 1.29 is 9.90 Å². The Morgan fingerprint density at radius 2 is 2.33 bits per heavy atom. The molecule has 3 rings (SSSR count). The van der Waals surface area contributed by atoms with E-state index in [0.29, 0.717) is 17.1 Å². The number of imidazole rings is 1. The zero-order valence-electron chi connectivity index (χ0n) is 8.05. The van der Waals surface area contributed by atoms with E-state index in [0.717, 1.165) is 5.56 Å². The fraction of sp³-hybridized carbons (Fsp3) is 0.273. The maximum atomic E-state index is 11.1. The molecule has 1 fully saturated rings. The van der Waals surface area contributed by atoms with Crippen LogP contribution in [0.4, 0.5) is 0 Å². The summed E-state index contributed by atoms with van der Waals surface area (Å²) in [5, 5.41) is 9.07. The first-order valence-corrected chi connectivity index (χ1v) is 4.95. The molecule has 4 nitrogen and oxygen atoms in total. The summed E-state index contributed by atoms with van der Waals surface area (Å²) < 4.78 is 1.79. The third kappa shape index (κ3) is 1.29. The van der Waals surface area contributed by atoms with Gasteiger partial charge in [0.05, 0.1) is 0 Å². The Hall–Kier alpha value is -1.84. The summed E-state index contributed by atoms with van der Waals surface area (Å²) in [6.07, 6.45) is 7.72. The molecule has 0 amide bonds. The SMILES string of the molecule is O=C(O)c1cc(C2CC2)cn2ccnc12. The van der Waals surface area contributed by atoms with Gasteiger partial charge in [-0.25, -0.2) is 9.78 Å². The van der Waals surface area contributed by atoms with Crippen LogP contribution >= 0.6 is 0 Å². The quantitative estimate of drug-likeness (QED) is 0.809. The molecule has 0 saturated heterocycles. The topological polar surface area (TPSA) is 54.6 Å². The van der Waals surface area contributed by atoms with Crippen molar-refractivity contribution in [3.8, 4) is 0 Å². The Morgan fingerprint density at radius 1 is 1.53 bits per heavy atom. The maximum Gasteiger partial charge on any atom is 0.339 e. The minimum Gasteiger partial charge on any atom is -0.478 e. The number of hydrogen-bond donors (Lipinski definition) is 1. The Morgan fingerprint density at radius 3 is 3.00 bits per heavy atom. The second-order valence-corrected chi connectivity index (χ2v) is 3.92.